The van der Waals surface area contributed by atoms with Gasteiger partial charge in [0, 0.05) is 22.9 Å². The first-order valence-electron chi connectivity index (χ1n) is 8.62. The van der Waals surface area contributed by atoms with E-state index < -0.39 is 5.97 Å². The van der Waals surface area contributed by atoms with E-state index >= 15 is 0 Å². The molecule has 1 atom stereocenters. The molecule has 2 rings (SSSR count). The highest BCUT2D eigenvalue weighted by Crippen LogP contribution is 2.49. The molecule has 6 nitrogen and oxygen atoms in total. The first kappa shape index (κ1) is 20.4. The van der Waals surface area contributed by atoms with E-state index in [4.69, 9.17) is 23.7 Å². The molecule has 0 aliphatic carbocycles. The molecule has 0 fully saturated rings. The molecule has 2 aromatic rings. The zero-order valence-corrected chi connectivity index (χ0v) is 16.7. The standard InChI is InChI=1S/C21H26O6/c1-8-12(3)17-14(21(22)27-9-2)10-13-15(23-4)11-16(24-5)19(25-6)18(13)20(17)26-7/h8,10-12H,1,9H2,2-7H3. The molecule has 0 bridgehead atoms. The second-order valence-electron chi connectivity index (χ2n) is 5.85. The van der Waals surface area contributed by atoms with E-state index in [1.165, 1.54) is 0 Å². The van der Waals surface area contributed by atoms with Crippen molar-refractivity contribution in [1.82, 2.24) is 0 Å². The van der Waals surface area contributed by atoms with Gasteiger partial charge < -0.3 is 23.7 Å². The summed E-state index contributed by atoms with van der Waals surface area (Å²) in [5.74, 6) is 1.43. The Balaban J connectivity index is 3.08. The minimum Gasteiger partial charge on any atom is -0.496 e. The Bertz CT molecular complexity index is 856. The van der Waals surface area contributed by atoms with Gasteiger partial charge in [-0.25, -0.2) is 4.79 Å². The molecule has 0 N–H and O–H groups in total. The molecular weight excluding hydrogens is 348 g/mol. The van der Waals surface area contributed by atoms with Gasteiger partial charge in [-0.2, -0.15) is 0 Å². The highest BCUT2D eigenvalue weighted by atomic mass is 16.5. The molecule has 0 amide bonds. The number of fused-ring (bicyclic) bond motifs is 1. The summed E-state index contributed by atoms with van der Waals surface area (Å²) in [5.41, 5.74) is 1.08. The van der Waals surface area contributed by atoms with Crippen LogP contribution in [0.3, 0.4) is 0 Å². The molecule has 1 unspecified atom stereocenters. The van der Waals surface area contributed by atoms with Gasteiger partial charge in [-0.3, -0.25) is 0 Å². The molecule has 0 aromatic heterocycles. The predicted molar refractivity (Wildman–Crippen MR) is 105 cm³/mol. The Morgan fingerprint density at radius 3 is 2.15 bits per heavy atom. The molecule has 6 heteroatoms. The van der Waals surface area contributed by atoms with Crippen LogP contribution < -0.4 is 18.9 Å². The zero-order valence-electron chi connectivity index (χ0n) is 16.7. The van der Waals surface area contributed by atoms with E-state index in [9.17, 15) is 4.79 Å². The number of benzene rings is 2. The smallest absolute Gasteiger partial charge is 0.338 e. The lowest BCUT2D eigenvalue weighted by molar-refractivity contribution is 0.0524. The minimum absolute atomic E-state index is 0.161. The summed E-state index contributed by atoms with van der Waals surface area (Å²) in [6, 6.07) is 3.46. The van der Waals surface area contributed by atoms with Crippen molar-refractivity contribution in [3.8, 4) is 23.0 Å². The first-order valence-corrected chi connectivity index (χ1v) is 8.62. The van der Waals surface area contributed by atoms with E-state index in [-0.39, 0.29) is 12.5 Å². The maximum Gasteiger partial charge on any atom is 0.338 e. The highest BCUT2D eigenvalue weighted by molar-refractivity contribution is 6.06. The topological polar surface area (TPSA) is 63.2 Å². The number of hydrogen-bond donors (Lipinski definition) is 0. The molecule has 0 saturated heterocycles. The van der Waals surface area contributed by atoms with E-state index in [1.54, 1.807) is 53.6 Å². The van der Waals surface area contributed by atoms with Crippen LogP contribution in [-0.2, 0) is 4.74 Å². The Morgan fingerprint density at radius 1 is 1.04 bits per heavy atom. The van der Waals surface area contributed by atoms with E-state index in [0.717, 1.165) is 0 Å². The van der Waals surface area contributed by atoms with Gasteiger partial charge in [-0.15, -0.1) is 6.58 Å². The molecule has 0 radical (unpaired) electrons. The lowest BCUT2D eigenvalue weighted by Gasteiger charge is -2.22. The van der Waals surface area contributed by atoms with Crippen LogP contribution in [0, 0.1) is 0 Å². The lowest BCUT2D eigenvalue weighted by Crippen LogP contribution is -2.12. The molecule has 0 spiro atoms. The molecule has 0 aliphatic rings. The van der Waals surface area contributed by atoms with Crippen LogP contribution in [0.5, 0.6) is 23.0 Å². The Hall–Kier alpha value is -2.89. The second-order valence-corrected chi connectivity index (χ2v) is 5.85. The second kappa shape index (κ2) is 8.66. The van der Waals surface area contributed by atoms with Gasteiger partial charge in [0.05, 0.1) is 46.0 Å². The molecular formula is C21H26O6. The summed E-state index contributed by atoms with van der Waals surface area (Å²) in [4.78, 5) is 12.7. The van der Waals surface area contributed by atoms with Crippen LogP contribution in [0.25, 0.3) is 10.8 Å². The van der Waals surface area contributed by atoms with E-state index in [0.29, 0.717) is 44.9 Å². The summed E-state index contributed by atoms with van der Waals surface area (Å²) >= 11 is 0. The van der Waals surface area contributed by atoms with Crippen molar-refractivity contribution >= 4 is 16.7 Å². The fourth-order valence-corrected chi connectivity index (χ4v) is 3.16. The number of allylic oxidation sites excluding steroid dienone is 1. The minimum atomic E-state index is -0.432. The van der Waals surface area contributed by atoms with Crippen LogP contribution in [0.4, 0.5) is 0 Å². The molecule has 0 saturated carbocycles. The number of carbonyl (C=O) groups is 1. The molecule has 0 heterocycles. The third-order valence-corrected chi connectivity index (χ3v) is 4.45. The maximum absolute atomic E-state index is 12.7. The average molecular weight is 374 g/mol. The first-order chi connectivity index (χ1) is 13.0. The molecule has 146 valence electrons. The number of rotatable bonds is 8. The van der Waals surface area contributed by atoms with Crippen LogP contribution in [0.2, 0.25) is 0 Å². The third-order valence-electron chi connectivity index (χ3n) is 4.45. The van der Waals surface area contributed by atoms with Gasteiger partial charge >= 0.3 is 5.97 Å². The van der Waals surface area contributed by atoms with Crippen molar-refractivity contribution in [2.75, 3.05) is 35.0 Å². The van der Waals surface area contributed by atoms with E-state index in [2.05, 4.69) is 6.58 Å². The van der Waals surface area contributed by atoms with Gasteiger partial charge in [-0.05, 0) is 13.0 Å². The lowest BCUT2D eigenvalue weighted by atomic mass is 9.90. The fraction of sp³-hybridized carbons (Fsp3) is 0.381. The highest BCUT2D eigenvalue weighted by Gasteiger charge is 2.28. The largest absolute Gasteiger partial charge is 0.496 e. The van der Waals surface area contributed by atoms with Gasteiger partial charge in [0.1, 0.15) is 11.5 Å². The van der Waals surface area contributed by atoms with Crippen molar-refractivity contribution in [1.29, 1.82) is 0 Å². The molecule has 0 aliphatic heterocycles. The number of ether oxygens (including phenoxy) is 5. The van der Waals surface area contributed by atoms with Crippen LogP contribution >= 0.6 is 0 Å². The fourth-order valence-electron chi connectivity index (χ4n) is 3.16. The van der Waals surface area contributed by atoms with E-state index in [1.807, 2.05) is 6.92 Å². The van der Waals surface area contributed by atoms with Gasteiger partial charge in [-0.1, -0.05) is 13.0 Å². The summed E-state index contributed by atoms with van der Waals surface area (Å²) in [6.07, 6.45) is 1.75. The van der Waals surface area contributed by atoms with Crippen LogP contribution in [0.15, 0.2) is 24.8 Å². The van der Waals surface area contributed by atoms with Gasteiger partial charge in [0.25, 0.3) is 0 Å². The number of esters is 1. The SMILES string of the molecule is C=CC(C)c1c(C(=O)OCC)cc2c(OC)cc(OC)c(OC)c2c1OC. The third kappa shape index (κ3) is 3.52. The quantitative estimate of drug-likeness (QED) is 0.506. The Morgan fingerprint density at radius 2 is 1.67 bits per heavy atom. The monoisotopic (exact) mass is 374 g/mol. The van der Waals surface area contributed by atoms with Crippen LogP contribution in [-0.4, -0.2) is 41.0 Å². The van der Waals surface area contributed by atoms with Gasteiger partial charge in [0.2, 0.25) is 0 Å². The average Bonchev–Trinajstić information content (AvgIpc) is 2.70. The van der Waals surface area contributed by atoms with Crippen molar-refractivity contribution in [3.63, 3.8) is 0 Å². The maximum atomic E-state index is 12.7. The zero-order chi connectivity index (χ0) is 20.1. The van der Waals surface area contributed by atoms with Crippen molar-refractivity contribution in [2.24, 2.45) is 0 Å². The van der Waals surface area contributed by atoms with Crippen molar-refractivity contribution in [3.05, 3.63) is 35.9 Å². The Kier molecular flexibility index (Phi) is 6.55. The predicted octanol–water partition coefficient (Wildman–Crippen LogP) is 4.34. The van der Waals surface area contributed by atoms with Crippen molar-refractivity contribution < 1.29 is 28.5 Å². The summed E-state index contributed by atoms with van der Waals surface area (Å²) in [7, 11) is 6.21. The van der Waals surface area contributed by atoms with Crippen LogP contribution in [0.1, 0.15) is 35.7 Å². The summed E-state index contributed by atoms with van der Waals surface area (Å²) < 4.78 is 27.6. The summed E-state index contributed by atoms with van der Waals surface area (Å²) in [6.45, 7) is 7.83. The summed E-state index contributed by atoms with van der Waals surface area (Å²) in [5, 5.41) is 1.32. The molecule has 27 heavy (non-hydrogen) atoms. The van der Waals surface area contributed by atoms with Crippen molar-refractivity contribution in [2.45, 2.75) is 19.8 Å². The normalized spacial score (nSPS) is 11.6. The van der Waals surface area contributed by atoms with Gasteiger partial charge in [0.15, 0.2) is 11.5 Å². The number of carbonyl (C=O) groups excluding carboxylic acids is 1. The Labute approximate surface area is 159 Å². The molecule has 2 aromatic carbocycles. The number of hydrogen-bond acceptors (Lipinski definition) is 6. The number of methoxy groups -OCH3 is 4.